The van der Waals surface area contributed by atoms with Crippen molar-refractivity contribution in [3.63, 3.8) is 0 Å². The summed E-state index contributed by atoms with van der Waals surface area (Å²) in [4.78, 5) is 31.7. The van der Waals surface area contributed by atoms with E-state index in [2.05, 4.69) is 10.5 Å². The first-order valence-corrected chi connectivity index (χ1v) is 6.08. The van der Waals surface area contributed by atoms with E-state index >= 15 is 0 Å². The Morgan fingerprint density at radius 3 is 2.48 bits per heavy atom. The summed E-state index contributed by atoms with van der Waals surface area (Å²) in [5.41, 5.74) is 2.22. The molecule has 0 heterocycles. The molecule has 0 unspecified atom stereocenters. The number of hydrogen-bond acceptors (Lipinski definition) is 6. The maximum Gasteiger partial charge on any atom is 0.279 e. The number of benzene rings is 1. The lowest BCUT2D eigenvalue weighted by Crippen LogP contribution is -2.21. The minimum Gasteiger partial charge on any atom is -0.273 e. The number of rotatable bonds is 6. The third-order valence-corrected chi connectivity index (χ3v) is 2.71. The fourth-order valence-corrected chi connectivity index (χ4v) is 1.43. The van der Waals surface area contributed by atoms with Gasteiger partial charge in [0.05, 0.1) is 22.3 Å². The fourth-order valence-electron chi connectivity index (χ4n) is 1.43. The molecule has 9 nitrogen and oxygen atoms in total. The Labute approximate surface area is 120 Å². The second-order valence-corrected chi connectivity index (χ2v) is 4.24. The van der Waals surface area contributed by atoms with Crippen LogP contribution in [0.1, 0.15) is 25.8 Å². The van der Waals surface area contributed by atoms with Crippen LogP contribution in [-0.4, -0.2) is 21.5 Å². The molecular weight excluding hydrogens is 280 g/mol. The molecule has 0 aliphatic carbocycles. The van der Waals surface area contributed by atoms with Crippen molar-refractivity contribution in [3.8, 4) is 0 Å². The van der Waals surface area contributed by atoms with Crippen LogP contribution >= 0.6 is 0 Å². The molecule has 0 atom stereocenters. The highest BCUT2D eigenvalue weighted by molar-refractivity contribution is 5.85. The van der Waals surface area contributed by atoms with Gasteiger partial charge in [-0.2, -0.15) is 5.10 Å². The highest BCUT2D eigenvalue weighted by Crippen LogP contribution is 2.24. The summed E-state index contributed by atoms with van der Waals surface area (Å²) in [6, 6.07) is 3.16. The highest BCUT2D eigenvalue weighted by atomic mass is 16.6. The van der Waals surface area contributed by atoms with E-state index in [1.807, 2.05) is 6.92 Å². The van der Waals surface area contributed by atoms with E-state index in [1.54, 1.807) is 6.92 Å². The molecule has 21 heavy (non-hydrogen) atoms. The van der Waals surface area contributed by atoms with Gasteiger partial charge in [-0.3, -0.25) is 25.0 Å². The lowest BCUT2D eigenvalue weighted by Gasteiger charge is -2.03. The number of nitrogens with one attached hydrogen (secondary N) is 1. The number of nitro groups is 2. The van der Waals surface area contributed by atoms with Gasteiger partial charge in [0.15, 0.2) is 0 Å². The number of carbonyl (C=O) groups is 1. The van der Waals surface area contributed by atoms with Crippen molar-refractivity contribution in [2.24, 2.45) is 5.10 Å². The van der Waals surface area contributed by atoms with Crippen molar-refractivity contribution >= 4 is 23.0 Å². The molecule has 0 aromatic heterocycles. The average molecular weight is 294 g/mol. The van der Waals surface area contributed by atoms with Gasteiger partial charge in [-0.05, 0) is 19.4 Å². The normalized spacial score (nSPS) is 11.0. The van der Waals surface area contributed by atoms with Crippen molar-refractivity contribution < 1.29 is 14.6 Å². The van der Waals surface area contributed by atoms with Crippen molar-refractivity contribution in [1.82, 2.24) is 5.43 Å². The van der Waals surface area contributed by atoms with Crippen LogP contribution in [0.4, 0.5) is 11.4 Å². The molecule has 0 bridgehead atoms. The summed E-state index contributed by atoms with van der Waals surface area (Å²) in [5, 5.41) is 25.3. The first-order chi connectivity index (χ1) is 9.85. The molecule has 1 rings (SSSR count). The van der Waals surface area contributed by atoms with Crippen LogP contribution in [0.2, 0.25) is 0 Å². The molecule has 1 aromatic carbocycles. The van der Waals surface area contributed by atoms with Crippen molar-refractivity contribution in [2.45, 2.75) is 26.7 Å². The van der Waals surface area contributed by atoms with Crippen LogP contribution < -0.4 is 5.43 Å². The molecule has 1 N–H and O–H groups in total. The van der Waals surface area contributed by atoms with Gasteiger partial charge in [0.2, 0.25) is 5.91 Å². The second kappa shape index (κ2) is 7.08. The number of hydrazone groups is 1. The van der Waals surface area contributed by atoms with Gasteiger partial charge in [-0.25, -0.2) is 5.43 Å². The standard InChI is InChI=1S/C12H14N4O5/c1-3-8(2)13-14-12(17)6-9-4-5-10(15(18)19)7-11(9)16(20)21/h4-5,7H,3,6H2,1-2H3,(H,14,17)/b13-8-. The van der Waals surface area contributed by atoms with E-state index in [0.29, 0.717) is 12.1 Å². The minimum atomic E-state index is -0.754. The predicted molar refractivity (Wildman–Crippen MR) is 75.0 cm³/mol. The van der Waals surface area contributed by atoms with Gasteiger partial charge in [-0.1, -0.05) is 6.92 Å². The molecule has 0 saturated carbocycles. The Morgan fingerprint density at radius 2 is 1.95 bits per heavy atom. The number of amides is 1. The van der Waals surface area contributed by atoms with Gasteiger partial charge >= 0.3 is 0 Å². The zero-order valence-electron chi connectivity index (χ0n) is 11.5. The monoisotopic (exact) mass is 294 g/mol. The zero-order chi connectivity index (χ0) is 16.0. The fraction of sp³-hybridized carbons (Fsp3) is 0.333. The molecule has 0 spiro atoms. The summed E-state index contributed by atoms with van der Waals surface area (Å²) in [6.07, 6.45) is 0.382. The Morgan fingerprint density at radius 1 is 1.29 bits per heavy atom. The number of carbonyl (C=O) groups excluding carboxylic acids is 1. The molecule has 0 aliphatic heterocycles. The number of nitrogens with zero attached hydrogens (tertiary/aromatic N) is 3. The van der Waals surface area contributed by atoms with Crippen molar-refractivity contribution in [3.05, 3.63) is 44.0 Å². The van der Waals surface area contributed by atoms with E-state index in [4.69, 9.17) is 0 Å². The van der Waals surface area contributed by atoms with Crippen LogP contribution in [0.3, 0.4) is 0 Å². The molecule has 0 saturated heterocycles. The van der Waals surface area contributed by atoms with Gasteiger partial charge in [0, 0.05) is 17.3 Å². The van der Waals surface area contributed by atoms with Gasteiger partial charge in [-0.15, -0.1) is 0 Å². The summed E-state index contributed by atoms with van der Waals surface area (Å²) >= 11 is 0. The van der Waals surface area contributed by atoms with Gasteiger partial charge in [0.25, 0.3) is 11.4 Å². The molecule has 0 fully saturated rings. The Kier molecular flexibility index (Phi) is 5.47. The highest BCUT2D eigenvalue weighted by Gasteiger charge is 2.20. The summed E-state index contributed by atoms with van der Waals surface area (Å²) < 4.78 is 0. The first-order valence-electron chi connectivity index (χ1n) is 6.08. The minimum absolute atomic E-state index is 0.0902. The predicted octanol–water partition coefficient (Wildman–Crippen LogP) is 1.95. The lowest BCUT2D eigenvalue weighted by molar-refractivity contribution is -0.394. The molecular formula is C12H14N4O5. The largest absolute Gasteiger partial charge is 0.279 e. The van der Waals surface area contributed by atoms with Crippen molar-refractivity contribution in [1.29, 1.82) is 0 Å². The van der Waals surface area contributed by atoms with Crippen LogP contribution in [-0.2, 0) is 11.2 Å². The molecule has 1 amide bonds. The Balaban J connectivity index is 2.95. The third kappa shape index (κ3) is 4.64. The third-order valence-electron chi connectivity index (χ3n) is 2.71. The van der Waals surface area contributed by atoms with E-state index < -0.39 is 27.1 Å². The lowest BCUT2D eigenvalue weighted by atomic mass is 10.1. The van der Waals surface area contributed by atoms with Gasteiger partial charge < -0.3 is 0 Å². The molecule has 0 radical (unpaired) electrons. The zero-order valence-corrected chi connectivity index (χ0v) is 11.5. The van der Waals surface area contributed by atoms with Crippen molar-refractivity contribution in [2.75, 3.05) is 0 Å². The quantitative estimate of drug-likeness (QED) is 0.487. The van der Waals surface area contributed by atoms with Gasteiger partial charge in [0.1, 0.15) is 0 Å². The summed E-state index contributed by atoms with van der Waals surface area (Å²) in [7, 11) is 0. The summed E-state index contributed by atoms with van der Waals surface area (Å²) in [5.74, 6) is -0.528. The Hall–Kier alpha value is -2.84. The topological polar surface area (TPSA) is 128 Å². The smallest absolute Gasteiger partial charge is 0.273 e. The molecule has 9 heteroatoms. The summed E-state index contributed by atoms with van der Waals surface area (Å²) in [6.45, 7) is 3.60. The average Bonchev–Trinajstić information content (AvgIpc) is 2.44. The molecule has 0 aliphatic rings. The van der Waals surface area contributed by atoms with E-state index in [0.717, 1.165) is 12.1 Å². The van der Waals surface area contributed by atoms with E-state index in [-0.39, 0.29) is 12.0 Å². The van der Waals surface area contributed by atoms with Crippen LogP contribution in [0.5, 0.6) is 0 Å². The first kappa shape index (κ1) is 16.2. The molecule has 1 aromatic rings. The number of hydrogen-bond donors (Lipinski definition) is 1. The van der Waals surface area contributed by atoms with Crippen LogP contribution in [0.25, 0.3) is 0 Å². The number of non-ortho nitro benzene ring substituents is 1. The SMILES string of the molecule is CC/C(C)=N\NC(=O)Cc1ccc([N+](=O)[O-])cc1[N+](=O)[O-]. The maximum atomic E-state index is 11.7. The van der Waals surface area contributed by atoms with Crippen LogP contribution in [0.15, 0.2) is 23.3 Å². The number of nitro benzene ring substituents is 2. The van der Waals surface area contributed by atoms with E-state index in [9.17, 15) is 25.0 Å². The second-order valence-electron chi connectivity index (χ2n) is 4.24. The Bertz CT molecular complexity index is 612. The maximum absolute atomic E-state index is 11.7. The molecule has 112 valence electrons. The van der Waals surface area contributed by atoms with Crippen LogP contribution in [0, 0.1) is 20.2 Å². The van der Waals surface area contributed by atoms with E-state index in [1.165, 1.54) is 6.07 Å².